The molecule has 4 aliphatic carbocycles. The molecule has 4 saturated carbocycles. The molecule has 3 N–H and O–H groups in total. The average molecular weight is 545 g/mol. The van der Waals surface area contributed by atoms with Crippen LogP contribution < -0.4 is 10.6 Å². The zero-order valence-electron chi connectivity index (χ0n) is 20.0. The Balaban J connectivity index is 1.15. The Labute approximate surface area is 219 Å². The molecular weight excluding hydrogens is 516 g/mol. The lowest BCUT2D eigenvalue weighted by atomic mass is 9.48. The predicted octanol–water partition coefficient (Wildman–Crippen LogP) is 7.61. The number of anilines is 3. The van der Waals surface area contributed by atoms with Crippen molar-refractivity contribution in [2.24, 2.45) is 17.8 Å². The molecule has 1 amide bonds. The molecule has 0 aromatic heterocycles. The van der Waals surface area contributed by atoms with Gasteiger partial charge in [0.15, 0.2) is 0 Å². The molecule has 4 aliphatic rings. The normalized spacial score (nSPS) is 26.0. The largest absolute Gasteiger partial charge is 0.478 e. The maximum absolute atomic E-state index is 13.0. The van der Waals surface area contributed by atoms with E-state index in [1.807, 2.05) is 6.07 Å². The molecule has 0 spiro atoms. The fraction of sp³-hybridized carbons (Fsp3) is 0.333. The van der Waals surface area contributed by atoms with Crippen molar-refractivity contribution in [2.45, 2.75) is 43.9 Å². The van der Waals surface area contributed by atoms with Gasteiger partial charge < -0.3 is 15.7 Å². The molecule has 0 atom stereocenters. The molecule has 3 aromatic carbocycles. The summed E-state index contributed by atoms with van der Waals surface area (Å²) in [6.45, 7) is 0. The number of halogens is 1. The van der Waals surface area contributed by atoms with Crippen molar-refractivity contribution in [1.82, 2.24) is 0 Å². The topological polar surface area (TPSA) is 78.4 Å². The maximum Gasteiger partial charge on any atom is 0.337 e. The third-order valence-electron chi connectivity index (χ3n) is 8.45. The van der Waals surface area contributed by atoms with Crippen LogP contribution >= 0.6 is 15.9 Å². The second-order valence-corrected chi connectivity index (χ2v) is 11.8. The molecule has 184 valence electrons. The molecule has 0 aliphatic heterocycles. The minimum Gasteiger partial charge on any atom is -0.478 e. The first-order chi connectivity index (χ1) is 17.4. The van der Waals surface area contributed by atoms with E-state index < -0.39 is 5.97 Å². The quantitative estimate of drug-likeness (QED) is 0.298. The Morgan fingerprint density at radius 3 is 2.08 bits per heavy atom. The van der Waals surface area contributed by atoms with Crippen LogP contribution in [0.1, 0.15) is 64.8 Å². The van der Waals surface area contributed by atoms with Crippen LogP contribution in [0.2, 0.25) is 0 Å². The summed E-state index contributed by atoms with van der Waals surface area (Å²) in [5.74, 6) is 1.50. The lowest BCUT2D eigenvalue weighted by Gasteiger charge is -2.57. The summed E-state index contributed by atoms with van der Waals surface area (Å²) >= 11 is 3.72. The number of carboxylic acid groups (broad SMARTS) is 1. The number of amides is 1. The van der Waals surface area contributed by atoms with Gasteiger partial charge in [0.2, 0.25) is 0 Å². The van der Waals surface area contributed by atoms with Crippen LogP contribution in [0.15, 0.2) is 71.2 Å². The van der Waals surface area contributed by atoms with E-state index in [2.05, 4.69) is 38.7 Å². The van der Waals surface area contributed by atoms with Gasteiger partial charge >= 0.3 is 5.97 Å². The summed E-state index contributed by atoms with van der Waals surface area (Å²) in [6.07, 6.45) is 8.22. The Bertz CT molecular complexity index is 1300. The minimum absolute atomic E-state index is 0.184. The van der Waals surface area contributed by atoms with Crippen LogP contribution in [-0.2, 0) is 5.41 Å². The molecule has 0 heterocycles. The Hall–Kier alpha value is -3.12. The van der Waals surface area contributed by atoms with Crippen LogP contribution in [0.3, 0.4) is 0 Å². The lowest BCUT2D eigenvalue weighted by Crippen LogP contribution is -2.48. The number of carbonyl (C=O) groups is 2. The zero-order chi connectivity index (χ0) is 24.9. The van der Waals surface area contributed by atoms with Crippen molar-refractivity contribution >= 4 is 44.9 Å². The van der Waals surface area contributed by atoms with Crippen molar-refractivity contribution in [3.63, 3.8) is 0 Å². The van der Waals surface area contributed by atoms with Gasteiger partial charge in [0.25, 0.3) is 5.91 Å². The molecule has 0 radical (unpaired) electrons. The van der Waals surface area contributed by atoms with Gasteiger partial charge in [-0.05, 0) is 132 Å². The first-order valence-electron chi connectivity index (χ1n) is 12.7. The van der Waals surface area contributed by atoms with Gasteiger partial charge in [-0.3, -0.25) is 4.79 Å². The number of nitrogens with one attached hydrogen (secondary N) is 2. The standard InChI is InChI=1S/C30H29BrN2O3/c31-25-14-22(30-15-18-11-19(16-30)13-20(12-18)17-30)7-10-27(25)33-28(34)21-5-8-23(9-6-21)32-26-4-2-1-3-24(26)29(35)36/h1-10,14,18-20,32H,11-13,15-17H2,(H,33,34)(H,35,36). The highest BCUT2D eigenvalue weighted by molar-refractivity contribution is 9.10. The van der Waals surface area contributed by atoms with E-state index in [0.717, 1.165) is 27.9 Å². The molecule has 7 rings (SSSR count). The third-order valence-corrected chi connectivity index (χ3v) is 9.11. The highest BCUT2D eigenvalue weighted by Gasteiger charge is 2.51. The van der Waals surface area contributed by atoms with Crippen molar-refractivity contribution < 1.29 is 14.7 Å². The number of carboxylic acids is 1. The van der Waals surface area contributed by atoms with Gasteiger partial charge in [-0.1, -0.05) is 18.2 Å². The SMILES string of the molecule is O=C(Nc1ccc(C23CC4CC(CC(C4)C2)C3)cc1Br)c1ccc(Nc2ccccc2C(=O)O)cc1. The highest BCUT2D eigenvalue weighted by Crippen LogP contribution is 2.61. The molecule has 6 heteroatoms. The summed E-state index contributed by atoms with van der Waals surface area (Å²) < 4.78 is 0.924. The van der Waals surface area contributed by atoms with E-state index in [1.54, 1.807) is 48.5 Å². The fourth-order valence-electron chi connectivity index (χ4n) is 7.24. The van der Waals surface area contributed by atoms with Crippen LogP contribution in [0, 0.1) is 17.8 Å². The number of carbonyl (C=O) groups excluding carboxylic acids is 1. The van der Waals surface area contributed by atoms with Crippen LogP contribution in [0.5, 0.6) is 0 Å². The van der Waals surface area contributed by atoms with Gasteiger partial charge in [0.1, 0.15) is 0 Å². The maximum atomic E-state index is 13.0. The summed E-state index contributed by atoms with van der Waals surface area (Å²) in [4.78, 5) is 24.4. The molecule has 4 bridgehead atoms. The van der Waals surface area contributed by atoms with E-state index in [9.17, 15) is 14.7 Å². The summed E-state index contributed by atoms with van der Waals surface area (Å²) in [6, 6.07) is 20.3. The van der Waals surface area contributed by atoms with Gasteiger partial charge in [0, 0.05) is 15.7 Å². The molecule has 0 saturated heterocycles. The van der Waals surface area contributed by atoms with Gasteiger partial charge in [-0.15, -0.1) is 0 Å². The summed E-state index contributed by atoms with van der Waals surface area (Å²) in [7, 11) is 0. The predicted molar refractivity (Wildman–Crippen MR) is 145 cm³/mol. The monoisotopic (exact) mass is 544 g/mol. The van der Waals surface area contributed by atoms with E-state index in [1.165, 1.54) is 44.1 Å². The highest BCUT2D eigenvalue weighted by atomic mass is 79.9. The van der Waals surface area contributed by atoms with Gasteiger partial charge in [-0.2, -0.15) is 0 Å². The smallest absolute Gasteiger partial charge is 0.337 e. The fourth-order valence-corrected chi connectivity index (χ4v) is 7.72. The van der Waals surface area contributed by atoms with E-state index in [0.29, 0.717) is 22.4 Å². The van der Waals surface area contributed by atoms with Gasteiger partial charge in [-0.25, -0.2) is 4.79 Å². The number of rotatable bonds is 6. The first-order valence-corrected chi connectivity index (χ1v) is 13.5. The van der Waals surface area contributed by atoms with E-state index in [4.69, 9.17) is 0 Å². The van der Waals surface area contributed by atoms with E-state index >= 15 is 0 Å². The molecule has 0 unspecified atom stereocenters. The molecule has 5 nitrogen and oxygen atoms in total. The number of para-hydroxylation sites is 1. The molecule has 4 fully saturated rings. The number of benzene rings is 3. The molecular formula is C30H29BrN2O3. The number of hydrogen-bond acceptors (Lipinski definition) is 3. The molecule has 3 aromatic rings. The van der Waals surface area contributed by atoms with Crippen LogP contribution in [0.4, 0.5) is 17.1 Å². The van der Waals surface area contributed by atoms with Crippen molar-refractivity contribution in [3.8, 4) is 0 Å². The Kier molecular flexibility index (Phi) is 5.87. The van der Waals surface area contributed by atoms with Crippen molar-refractivity contribution in [2.75, 3.05) is 10.6 Å². The summed E-state index contributed by atoms with van der Waals surface area (Å²) in [5, 5.41) is 15.5. The zero-order valence-corrected chi connectivity index (χ0v) is 21.6. The molecule has 36 heavy (non-hydrogen) atoms. The minimum atomic E-state index is -0.992. The lowest BCUT2D eigenvalue weighted by molar-refractivity contribution is -0.00520. The third kappa shape index (κ3) is 4.32. The average Bonchev–Trinajstić information content (AvgIpc) is 2.85. The van der Waals surface area contributed by atoms with Gasteiger partial charge in [0.05, 0.1) is 16.9 Å². The van der Waals surface area contributed by atoms with Crippen LogP contribution in [0.25, 0.3) is 0 Å². The van der Waals surface area contributed by atoms with Crippen LogP contribution in [-0.4, -0.2) is 17.0 Å². The first kappa shape index (κ1) is 23.3. The van der Waals surface area contributed by atoms with Crippen molar-refractivity contribution in [1.29, 1.82) is 0 Å². The Morgan fingerprint density at radius 2 is 1.47 bits per heavy atom. The Morgan fingerprint density at radius 1 is 0.833 bits per heavy atom. The second-order valence-electron chi connectivity index (χ2n) is 10.9. The number of hydrogen-bond donors (Lipinski definition) is 3. The van der Waals surface area contributed by atoms with Crippen molar-refractivity contribution in [3.05, 3.63) is 87.9 Å². The second kappa shape index (κ2) is 9.07. The summed E-state index contributed by atoms with van der Waals surface area (Å²) in [5.41, 5.74) is 4.45. The number of aromatic carboxylic acids is 1. The van der Waals surface area contributed by atoms with E-state index in [-0.39, 0.29) is 11.5 Å².